The van der Waals surface area contributed by atoms with Crippen LogP contribution in [0.2, 0.25) is 0 Å². The van der Waals surface area contributed by atoms with Crippen LogP contribution in [0.4, 0.5) is 0 Å². The minimum atomic E-state index is 0.0358. The largest absolute Gasteiger partial charge is 0.381 e. The predicted octanol–water partition coefficient (Wildman–Crippen LogP) is 0.267. The summed E-state index contributed by atoms with van der Waals surface area (Å²) in [6.07, 6.45) is 2.63. The lowest BCUT2D eigenvalue weighted by atomic mass is 9.96. The van der Waals surface area contributed by atoms with Gasteiger partial charge in [-0.25, -0.2) is 0 Å². The smallest absolute Gasteiger partial charge is 0.220 e. The van der Waals surface area contributed by atoms with Gasteiger partial charge >= 0.3 is 0 Å². The van der Waals surface area contributed by atoms with Crippen LogP contribution in [0.3, 0.4) is 0 Å². The monoisotopic (exact) mass is 200 g/mol. The van der Waals surface area contributed by atoms with E-state index in [0.29, 0.717) is 18.9 Å². The molecule has 4 heteroatoms. The van der Waals surface area contributed by atoms with Gasteiger partial charge in [0.1, 0.15) is 0 Å². The third-order valence-corrected chi connectivity index (χ3v) is 2.44. The van der Waals surface area contributed by atoms with E-state index in [1.807, 2.05) is 6.92 Å². The van der Waals surface area contributed by atoms with Crippen LogP contribution in [-0.2, 0) is 9.53 Å². The fraction of sp³-hybridized carbons (Fsp3) is 0.900. The van der Waals surface area contributed by atoms with E-state index in [9.17, 15) is 4.79 Å². The van der Waals surface area contributed by atoms with Crippen LogP contribution in [0.25, 0.3) is 0 Å². The number of rotatable bonds is 4. The second-order valence-corrected chi connectivity index (χ2v) is 4.04. The molecular weight excluding hydrogens is 180 g/mol. The summed E-state index contributed by atoms with van der Waals surface area (Å²) >= 11 is 0. The van der Waals surface area contributed by atoms with Gasteiger partial charge < -0.3 is 15.8 Å². The standard InChI is InChI=1S/C10H20N2O2/c1-8(11)7-12-10(13)6-9-2-4-14-5-3-9/h8-9H,2-7,11H2,1H3,(H,12,13). The zero-order valence-corrected chi connectivity index (χ0v) is 8.79. The molecule has 14 heavy (non-hydrogen) atoms. The van der Waals surface area contributed by atoms with Gasteiger partial charge in [-0.3, -0.25) is 4.79 Å². The maximum Gasteiger partial charge on any atom is 0.220 e. The number of hydrogen-bond acceptors (Lipinski definition) is 3. The highest BCUT2D eigenvalue weighted by molar-refractivity contribution is 5.76. The van der Waals surface area contributed by atoms with Gasteiger partial charge in [0.05, 0.1) is 0 Å². The Morgan fingerprint density at radius 2 is 2.21 bits per heavy atom. The van der Waals surface area contributed by atoms with E-state index in [0.717, 1.165) is 26.1 Å². The molecule has 1 aliphatic rings. The quantitative estimate of drug-likeness (QED) is 0.684. The third kappa shape index (κ3) is 4.58. The van der Waals surface area contributed by atoms with E-state index in [1.165, 1.54) is 0 Å². The minimum absolute atomic E-state index is 0.0358. The number of ether oxygens (including phenoxy) is 1. The van der Waals surface area contributed by atoms with Crippen molar-refractivity contribution < 1.29 is 9.53 Å². The van der Waals surface area contributed by atoms with Crippen LogP contribution < -0.4 is 11.1 Å². The zero-order valence-electron chi connectivity index (χ0n) is 8.79. The lowest BCUT2D eigenvalue weighted by Crippen LogP contribution is -2.36. The molecule has 0 radical (unpaired) electrons. The van der Waals surface area contributed by atoms with Crippen molar-refractivity contribution >= 4 is 5.91 Å². The molecule has 1 atom stereocenters. The number of carbonyl (C=O) groups excluding carboxylic acids is 1. The second-order valence-electron chi connectivity index (χ2n) is 4.04. The van der Waals surface area contributed by atoms with E-state index in [4.69, 9.17) is 10.5 Å². The summed E-state index contributed by atoms with van der Waals surface area (Å²) in [6, 6.07) is 0.0358. The van der Waals surface area contributed by atoms with Gasteiger partial charge in [0.2, 0.25) is 5.91 Å². The van der Waals surface area contributed by atoms with Gasteiger partial charge in [-0.05, 0) is 25.7 Å². The van der Waals surface area contributed by atoms with Crippen LogP contribution in [0, 0.1) is 5.92 Å². The van der Waals surface area contributed by atoms with Crippen LogP contribution in [0.1, 0.15) is 26.2 Å². The van der Waals surface area contributed by atoms with E-state index >= 15 is 0 Å². The van der Waals surface area contributed by atoms with Crippen molar-refractivity contribution in [3.63, 3.8) is 0 Å². The Bertz CT molecular complexity index is 177. The van der Waals surface area contributed by atoms with Crippen LogP contribution in [0.5, 0.6) is 0 Å². The molecule has 0 aliphatic carbocycles. The lowest BCUT2D eigenvalue weighted by molar-refractivity contribution is -0.122. The molecule has 1 rings (SSSR count). The molecule has 0 aromatic heterocycles. The highest BCUT2D eigenvalue weighted by atomic mass is 16.5. The molecule has 1 fully saturated rings. The molecule has 82 valence electrons. The topological polar surface area (TPSA) is 64.3 Å². The van der Waals surface area contributed by atoms with Crippen molar-refractivity contribution in [1.82, 2.24) is 5.32 Å². The van der Waals surface area contributed by atoms with Crippen molar-refractivity contribution in [3.8, 4) is 0 Å². The molecule has 4 nitrogen and oxygen atoms in total. The molecule has 1 amide bonds. The Morgan fingerprint density at radius 3 is 2.79 bits per heavy atom. The average molecular weight is 200 g/mol. The molecular formula is C10H20N2O2. The third-order valence-electron chi connectivity index (χ3n) is 2.44. The Kier molecular flexibility index (Phi) is 4.90. The van der Waals surface area contributed by atoms with Crippen molar-refractivity contribution in [2.24, 2.45) is 11.7 Å². The van der Waals surface area contributed by atoms with E-state index in [2.05, 4.69) is 5.32 Å². The van der Waals surface area contributed by atoms with Crippen molar-refractivity contribution in [3.05, 3.63) is 0 Å². The average Bonchev–Trinajstić information content (AvgIpc) is 2.16. The molecule has 0 aromatic carbocycles. The van der Waals surface area contributed by atoms with E-state index in [1.54, 1.807) is 0 Å². The fourth-order valence-electron chi connectivity index (χ4n) is 1.56. The molecule has 0 saturated carbocycles. The maximum atomic E-state index is 11.4. The summed E-state index contributed by atoms with van der Waals surface area (Å²) in [7, 11) is 0. The zero-order chi connectivity index (χ0) is 10.4. The van der Waals surface area contributed by atoms with Gasteiger partial charge in [0.25, 0.3) is 0 Å². The summed E-state index contributed by atoms with van der Waals surface area (Å²) in [5.41, 5.74) is 5.54. The first kappa shape index (κ1) is 11.5. The SMILES string of the molecule is CC(N)CNC(=O)CC1CCOCC1. The van der Waals surface area contributed by atoms with E-state index < -0.39 is 0 Å². The maximum absolute atomic E-state index is 11.4. The second kappa shape index (κ2) is 5.98. The fourth-order valence-corrected chi connectivity index (χ4v) is 1.56. The number of nitrogens with two attached hydrogens (primary N) is 1. The summed E-state index contributed by atoms with van der Waals surface area (Å²) in [4.78, 5) is 11.4. The summed E-state index contributed by atoms with van der Waals surface area (Å²) in [5.74, 6) is 0.617. The molecule has 0 aromatic rings. The Morgan fingerprint density at radius 1 is 1.57 bits per heavy atom. The lowest BCUT2D eigenvalue weighted by Gasteiger charge is -2.21. The van der Waals surface area contributed by atoms with Crippen LogP contribution in [-0.4, -0.2) is 31.7 Å². The van der Waals surface area contributed by atoms with Crippen molar-refractivity contribution in [2.45, 2.75) is 32.2 Å². The highest BCUT2D eigenvalue weighted by Crippen LogP contribution is 2.17. The Hall–Kier alpha value is -0.610. The molecule has 3 N–H and O–H groups in total. The number of amides is 1. The number of nitrogens with one attached hydrogen (secondary N) is 1. The van der Waals surface area contributed by atoms with Gasteiger partial charge in [-0.1, -0.05) is 0 Å². The van der Waals surface area contributed by atoms with Crippen molar-refractivity contribution in [2.75, 3.05) is 19.8 Å². The van der Waals surface area contributed by atoms with Crippen LogP contribution in [0.15, 0.2) is 0 Å². The van der Waals surface area contributed by atoms with Crippen molar-refractivity contribution in [1.29, 1.82) is 0 Å². The van der Waals surface area contributed by atoms with E-state index in [-0.39, 0.29) is 11.9 Å². The summed E-state index contributed by atoms with van der Waals surface area (Å²) < 4.78 is 5.23. The van der Waals surface area contributed by atoms with Crippen LogP contribution >= 0.6 is 0 Å². The molecule has 0 bridgehead atoms. The molecule has 1 unspecified atom stereocenters. The first-order chi connectivity index (χ1) is 6.68. The number of hydrogen-bond donors (Lipinski definition) is 2. The Labute approximate surface area is 85.2 Å². The Balaban J connectivity index is 2.12. The minimum Gasteiger partial charge on any atom is -0.381 e. The highest BCUT2D eigenvalue weighted by Gasteiger charge is 2.17. The normalized spacial score (nSPS) is 20.4. The molecule has 0 spiro atoms. The summed E-state index contributed by atoms with van der Waals surface area (Å²) in [6.45, 7) is 4.05. The number of carbonyl (C=O) groups is 1. The summed E-state index contributed by atoms with van der Waals surface area (Å²) in [5, 5.41) is 2.82. The van der Waals surface area contributed by atoms with Gasteiger partial charge in [-0.2, -0.15) is 0 Å². The first-order valence-electron chi connectivity index (χ1n) is 5.28. The first-order valence-corrected chi connectivity index (χ1v) is 5.28. The van der Waals surface area contributed by atoms with Gasteiger partial charge in [0, 0.05) is 32.2 Å². The van der Waals surface area contributed by atoms with Gasteiger partial charge in [0.15, 0.2) is 0 Å². The molecule has 1 saturated heterocycles. The molecule has 1 aliphatic heterocycles. The predicted molar refractivity (Wildman–Crippen MR) is 54.8 cm³/mol. The molecule has 1 heterocycles. The van der Waals surface area contributed by atoms with Gasteiger partial charge in [-0.15, -0.1) is 0 Å².